The van der Waals surface area contributed by atoms with Crippen LogP contribution in [0.25, 0.3) is 11.0 Å². The fraction of sp³-hybridized carbons (Fsp3) is 0.526. The number of imidazole rings is 1. The smallest absolute Gasteiger partial charge is 0.310 e. The first-order valence-corrected chi connectivity index (χ1v) is 17.1. The SMILES string of the molecule is CCCCCC/C=C\[C@@H]1C[C@]1(CC(=O)[C@@H]1C[C@@H](Oc2nc3ccccc3n2C(C)C)CN1C(=O)CCc1cc(C)cc(F)c1)C(=O)O. The second kappa shape index (κ2) is 14.8. The van der Waals surface area contributed by atoms with E-state index in [1.807, 2.05) is 54.8 Å². The van der Waals surface area contributed by atoms with E-state index in [9.17, 15) is 23.9 Å². The Morgan fingerprint density at radius 1 is 1.15 bits per heavy atom. The van der Waals surface area contributed by atoms with Gasteiger partial charge < -0.3 is 14.7 Å². The van der Waals surface area contributed by atoms with E-state index in [0.717, 1.165) is 42.3 Å². The predicted molar refractivity (Wildman–Crippen MR) is 180 cm³/mol. The number of ether oxygens (including phenoxy) is 1. The van der Waals surface area contributed by atoms with Crippen molar-refractivity contribution in [3.05, 3.63) is 71.6 Å². The summed E-state index contributed by atoms with van der Waals surface area (Å²) in [7, 11) is 0. The van der Waals surface area contributed by atoms with Gasteiger partial charge in [0.25, 0.3) is 6.01 Å². The summed E-state index contributed by atoms with van der Waals surface area (Å²) >= 11 is 0. The molecule has 1 saturated carbocycles. The standard InChI is InChI=1S/C38H48FN3O5/c1-5-6-7-8-9-10-13-28-22-38(28,36(45)46)23-34(43)33-21-30(47-37-40-31-14-11-12-15-32(31)42(37)25(2)3)24-41(33)35(44)17-16-27-18-26(4)19-29(39)20-27/h10-15,18-20,25,28,30,33H,5-9,16-17,21-24H2,1-4H3,(H,45,46)/b13-10-/t28-,30-,33+,38-/m1/s1. The highest BCUT2D eigenvalue weighted by Crippen LogP contribution is 2.57. The van der Waals surface area contributed by atoms with Crippen LogP contribution >= 0.6 is 0 Å². The maximum absolute atomic E-state index is 14.0. The summed E-state index contributed by atoms with van der Waals surface area (Å²) in [6.45, 7) is 8.24. The van der Waals surface area contributed by atoms with E-state index in [1.54, 1.807) is 11.8 Å². The molecule has 4 atom stereocenters. The number of fused-ring (bicyclic) bond motifs is 1. The Labute approximate surface area is 277 Å². The third-order valence-corrected chi connectivity index (χ3v) is 9.68. The van der Waals surface area contributed by atoms with Crippen LogP contribution in [-0.4, -0.2) is 55.9 Å². The van der Waals surface area contributed by atoms with Crippen molar-refractivity contribution in [2.75, 3.05) is 6.54 Å². The molecular weight excluding hydrogens is 597 g/mol. The molecule has 5 rings (SSSR count). The number of carboxylic acids is 1. The summed E-state index contributed by atoms with van der Waals surface area (Å²) in [5.41, 5.74) is 2.07. The van der Waals surface area contributed by atoms with Crippen LogP contribution in [0.4, 0.5) is 4.39 Å². The van der Waals surface area contributed by atoms with Gasteiger partial charge in [-0.15, -0.1) is 0 Å². The van der Waals surface area contributed by atoms with Gasteiger partial charge in [-0.25, -0.2) is 4.39 Å². The Bertz CT molecular complexity index is 1610. The third kappa shape index (κ3) is 7.94. The fourth-order valence-corrected chi connectivity index (χ4v) is 7.06. The zero-order valence-electron chi connectivity index (χ0n) is 28.1. The number of amides is 1. The lowest BCUT2D eigenvalue weighted by Crippen LogP contribution is -2.42. The van der Waals surface area contributed by atoms with Crippen molar-refractivity contribution < 1.29 is 28.6 Å². The molecule has 2 fully saturated rings. The van der Waals surface area contributed by atoms with E-state index in [-0.39, 0.29) is 55.3 Å². The van der Waals surface area contributed by atoms with Gasteiger partial charge in [-0.1, -0.05) is 56.5 Å². The molecular formula is C38H48FN3O5. The normalized spacial score (nSPS) is 22.4. The van der Waals surface area contributed by atoms with Crippen molar-refractivity contribution in [2.45, 2.75) is 110 Å². The van der Waals surface area contributed by atoms with Crippen LogP contribution < -0.4 is 4.74 Å². The van der Waals surface area contributed by atoms with E-state index in [0.29, 0.717) is 24.4 Å². The third-order valence-electron chi connectivity index (χ3n) is 9.68. The molecule has 252 valence electrons. The van der Waals surface area contributed by atoms with Crippen molar-refractivity contribution in [1.82, 2.24) is 14.5 Å². The lowest BCUT2D eigenvalue weighted by molar-refractivity contribution is -0.147. The number of rotatable bonds is 16. The number of benzene rings is 2. The minimum absolute atomic E-state index is 0.0608. The number of aryl methyl sites for hydroxylation is 2. The molecule has 1 aromatic heterocycles. The predicted octanol–water partition coefficient (Wildman–Crippen LogP) is 7.62. The molecule has 3 aromatic rings. The van der Waals surface area contributed by atoms with Crippen LogP contribution in [0.5, 0.6) is 6.01 Å². The number of carbonyl (C=O) groups excluding carboxylic acids is 2. The topological polar surface area (TPSA) is 102 Å². The molecule has 2 aromatic carbocycles. The number of aromatic nitrogens is 2. The first-order valence-electron chi connectivity index (χ1n) is 17.1. The fourth-order valence-electron chi connectivity index (χ4n) is 7.06. The van der Waals surface area contributed by atoms with Gasteiger partial charge in [0, 0.05) is 25.3 Å². The van der Waals surface area contributed by atoms with Gasteiger partial charge in [0.1, 0.15) is 11.9 Å². The first kappa shape index (κ1) is 34.3. The van der Waals surface area contributed by atoms with Crippen LogP contribution in [0.2, 0.25) is 0 Å². The second-order valence-electron chi connectivity index (χ2n) is 13.7. The summed E-state index contributed by atoms with van der Waals surface area (Å²) in [5, 5.41) is 10.2. The van der Waals surface area contributed by atoms with Crippen LogP contribution in [0.15, 0.2) is 54.6 Å². The van der Waals surface area contributed by atoms with Gasteiger partial charge in [-0.2, -0.15) is 4.98 Å². The highest BCUT2D eigenvalue weighted by molar-refractivity contribution is 5.94. The molecule has 8 nitrogen and oxygen atoms in total. The highest BCUT2D eigenvalue weighted by atomic mass is 19.1. The number of hydrogen-bond acceptors (Lipinski definition) is 5. The zero-order chi connectivity index (χ0) is 33.7. The Balaban J connectivity index is 1.33. The monoisotopic (exact) mass is 645 g/mol. The number of halogens is 1. The average Bonchev–Trinajstić information content (AvgIpc) is 3.36. The number of likely N-dealkylation sites (tertiary alicyclic amines) is 1. The summed E-state index contributed by atoms with van der Waals surface area (Å²) in [5.74, 6) is -2.02. The van der Waals surface area contributed by atoms with Gasteiger partial charge in [0.15, 0.2) is 5.78 Å². The number of aliphatic carboxylic acids is 1. The Kier molecular flexibility index (Phi) is 10.8. The molecule has 2 aliphatic rings. The molecule has 0 bridgehead atoms. The van der Waals surface area contributed by atoms with Gasteiger partial charge in [-0.3, -0.25) is 19.0 Å². The minimum Gasteiger partial charge on any atom is -0.481 e. The van der Waals surface area contributed by atoms with E-state index in [1.165, 1.54) is 18.6 Å². The maximum atomic E-state index is 14.0. The van der Waals surface area contributed by atoms with Crippen molar-refractivity contribution in [2.24, 2.45) is 11.3 Å². The van der Waals surface area contributed by atoms with Gasteiger partial charge >= 0.3 is 5.97 Å². The number of unbranched alkanes of at least 4 members (excludes halogenated alkanes) is 4. The number of nitrogens with zero attached hydrogens (tertiary/aromatic N) is 3. The lowest BCUT2D eigenvalue weighted by Gasteiger charge is -2.24. The number of Topliss-reactive ketones (excluding diaryl/α,β-unsaturated/α-hetero) is 1. The second-order valence-corrected chi connectivity index (χ2v) is 13.7. The number of hydrogen-bond donors (Lipinski definition) is 1. The Hall–Kier alpha value is -4.01. The van der Waals surface area contributed by atoms with Crippen molar-refractivity contribution in [1.29, 1.82) is 0 Å². The van der Waals surface area contributed by atoms with Crippen LogP contribution in [0.3, 0.4) is 0 Å². The summed E-state index contributed by atoms with van der Waals surface area (Å²) in [4.78, 5) is 46.5. The van der Waals surface area contributed by atoms with Crippen molar-refractivity contribution in [3.63, 3.8) is 0 Å². The lowest BCUT2D eigenvalue weighted by atomic mass is 9.92. The summed E-state index contributed by atoms with van der Waals surface area (Å²) in [6.07, 6.45) is 9.92. The molecule has 1 aliphatic carbocycles. The van der Waals surface area contributed by atoms with E-state index < -0.39 is 23.5 Å². The zero-order valence-corrected chi connectivity index (χ0v) is 28.1. The molecule has 0 spiro atoms. The summed E-state index contributed by atoms with van der Waals surface area (Å²) in [6, 6.07) is 12.2. The van der Waals surface area contributed by atoms with Crippen LogP contribution in [0.1, 0.15) is 95.7 Å². The van der Waals surface area contributed by atoms with E-state index in [2.05, 4.69) is 13.0 Å². The number of allylic oxidation sites excluding steroid dienone is 2. The largest absolute Gasteiger partial charge is 0.481 e. The minimum atomic E-state index is -1.14. The number of carbonyl (C=O) groups is 3. The number of para-hydroxylation sites is 2. The van der Waals surface area contributed by atoms with Gasteiger partial charge in [0.05, 0.1) is 29.0 Å². The number of ketones is 1. The maximum Gasteiger partial charge on any atom is 0.310 e. The molecule has 1 saturated heterocycles. The van der Waals surface area contributed by atoms with Gasteiger partial charge in [-0.05, 0) is 87.8 Å². The molecule has 47 heavy (non-hydrogen) atoms. The van der Waals surface area contributed by atoms with E-state index >= 15 is 0 Å². The molecule has 9 heteroatoms. The molecule has 1 aliphatic heterocycles. The molecule has 1 N–H and O–H groups in total. The molecule has 0 radical (unpaired) electrons. The number of carboxylic acid groups (broad SMARTS) is 1. The summed E-state index contributed by atoms with van der Waals surface area (Å²) < 4.78 is 22.5. The highest BCUT2D eigenvalue weighted by Gasteiger charge is 2.61. The average molecular weight is 646 g/mol. The Morgan fingerprint density at radius 3 is 2.66 bits per heavy atom. The van der Waals surface area contributed by atoms with Gasteiger partial charge in [0.2, 0.25) is 5.91 Å². The molecule has 2 heterocycles. The first-order chi connectivity index (χ1) is 22.5. The molecule has 0 unspecified atom stereocenters. The molecule has 1 amide bonds. The Morgan fingerprint density at radius 2 is 1.94 bits per heavy atom. The quantitative estimate of drug-likeness (QED) is 0.127. The van der Waals surface area contributed by atoms with Crippen molar-refractivity contribution in [3.8, 4) is 6.01 Å². The van der Waals surface area contributed by atoms with Crippen molar-refractivity contribution >= 4 is 28.7 Å². The van der Waals surface area contributed by atoms with E-state index in [4.69, 9.17) is 9.72 Å². The van der Waals surface area contributed by atoms with Crippen LogP contribution in [0, 0.1) is 24.1 Å². The van der Waals surface area contributed by atoms with Crippen LogP contribution in [-0.2, 0) is 20.8 Å².